The summed E-state index contributed by atoms with van der Waals surface area (Å²) in [5, 5.41) is 2.96. The van der Waals surface area contributed by atoms with E-state index in [1.807, 2.05) is 18.2 Å². The standard InChI is InChI=1S/C20H20BrNO/c1-13(23)22-18-10-9-15(21)11-16(18)17-12-20(2,3)19(17)14-7-5-4-6-8-14/h4-11H,12H2,1-3H3,(H,22,23). The Hall–Kier alpha value is -1.87. The molecular weight excluding hydrogens is 350 g/mol. The van der Waals surface area contributed by atoms with E-state index >= 15 is 0 Å². The van der Waals surface area contributed by atoms with Gasteiger partial charge in [-0.1, -0.05) is 60.1 Å². The third kappa shape index (κ3) is 3.11. The van der Waals surface area contributed by atoms with E-state index in [0.29, 0.717) is 0 Å². The van der Waals surface area contributed by atoms with Crippen LogP contribution in [0, 0.1) is 5.41 Å². The Kier molecular flexibility index (Phi) is 4.15. The maximum atomic E-state index is 11.5. The number of benzene rings is 2. The minimum Gasteiger partial charge on any atom is -0.326 e. The highest BCUT2D eigenvalue weighted by atomic mass is 79.9. The lowest BCUT2D eigenvalue weighted by Crippen LogP contribution is -2.26. The van der Waals surface area contributed by atoms with Crippen molar-refractivity contribution in [3.05, 3.63) is 64.1 Å². The van der Waals surface area contributed by atoms with Crippen LogP contribution < -0.4 is 5.32 Å². The number of anilines is 1. The van der Waals surface area contributed by atoms with Crippen molar-refractivity contribution >= 4 is 38.7 Å². The fraction of sp³-hybridized carbons (Fsp3) is 0.250. The summed E-state index contributed by atoms with van der Waals surface area (Å²) in [4.78, 5) is 11.5. The second-order valence-corrected chi connectivity index (χ2v) is 7.57. The molecule has 0 aromatic heterocycles. The van der Waals surface area contributed by atoms with Gasteiger partial charge in [-0.2, -0.15) is 0 Å². The maximum absolute atomic E-state index is 11.5. The first-order valence-corrected chi connectivity index (χ1v) is 8.54. The highest BCUT2D eigenvalue weighted by Crippen LogP contribution is 2.56. The average molecular weight is 370 g/mol. The number of halogens is 1. The topological polar surface area (TPSA) is 29.1 Å². The van der Waals surface area contributed by atoms with Gasteiger partial charge in [-0.25, -0.2) is 0 Å². The van der Waals surface area contributed by atoms with Crippen molar-refractivity contribution in [1.29, 1.82) is 0 Å². The molecule has 1 N–H and O–H groups in total. The van der Waals surface area contributed by atoms with Gasteiger partial charge in [0.2, 0.25) is 5.91 Å². The minimum absolute atomic E-state index is 0.0472. The van der Waals surface area contributed by atoms with Crippen LogP contribution in [0.15, 0.2) is 53.0 Å². The number of rotatable bonds is 3. The van der Waals surface area contributed by atoms with E-state index in [-0.39, 0.29) is 11.3 Å². The third-order valence-corrected chi connectivity index (χ3v) is 4.77. The minimum atomic E-state index is -0.0472. The molecule has 0 spiro atoms. The van der Waals surface area contributed by atoms with Crippen LogP contribution in [0.1, 0.15) is 38.3 Å². The van der Waals surface area contributed by atoms with Crippen LogP contribution in [0.25, 0.3) is 11.1 Å². The van der Waals surface area contributed by atoms with Crippen molar-refractivity contribution in [2.75, 3.05) is 5.32 Å². The molecule has 0 atom stereocenters. The lowest BCUT2D eigenvalue weighted by molar-refractivity contribution is -0.114. The Bertz CT molecular complexity index is 791. The fourth-order valence-electron chi connectivity index (χ4n) is 3.38. The smallest absolute Gasteiger partial charge is 0.221 e. The van der Waals surface area contributed by atoms with Gasteiger partial charge in [0.1, 0.15) is 0 Å². The Morgan fingerprint density at radius 3 is 2.43 bits per heavy atom. The summed E-state index contributed by atoms with van der Waals surface area (Å²) < 4.78 is 1.02. The summed E-state index contributed by atoms with van der Waals surface area (Å²) in [6, 6.07) is 16.5. The fourth-order valence-corrected chi connectivity index (χ4v) is 3.75. The number of hydrogen-bond donors (Lipinski definition) is 1. The van der Waals surface area contributed by atoms with Crippen molar-refractivity contribution < 1.29 is 4.79 Å². The summed E-state index contributed by atoms with van der Waals surface area (Å²) in [5.41, 5.74) is 6.06. The van der Waals surface area contributed by atoms with Crippen molar-refractivity contribution in [2.24, 2.45) is 5.41 Å². The number of carbonyl (C=O) groups is 1. The number of hydrogen-bond acceptors (Lipinski definition) is 1. The molecule has 0 heterocycles. The van der Waals surface area contributed by atoms with Crippen molar-refractivity contribution in [2.45, 2.75) is 27.2 Å². The van der Waals surface area contributed by atoms with Crippen LogP contribution in [0.5, 0.6) is 0 Å². The molecule has 0 radical (unpaired) electrons. The van der Waals surface area contributed by atoms with E-state index in [0.717, 1.165) is 22.1 Å². The van der Waals surface area contributed by atoms with Crippen LogP contribution in [0.4, 0.5) is 5.69 Å². The Labute approximate surface area is 145 Å². The maximum Gasteiger partial charge on any atom is 0.221 e. The van der Waals surface area contributed by atoms with Crippen LogP contribution in [-0.4, -0.2) is 5.91 Å². The van der Waals surface area contributed by atoms with E-state index in [1.165, 1.54) is 16.7 Å². The van der Waals surface area contributed by atoms with Gasteiger partial charge in [-0.3, -0.25) is 4.79 Å². The van der Waals surface area contributed by atoms with Gasteiger partial charge in [0.15, 0.2) is 0 Å². The van der Waals surface area contributed by atoms with Crippen molar-refractivity contribution in [3.63, 3.8) is 0 Å². The molecule has 0 bridgehead atoms. The SMILES string of the molecule is CC(=O)Nc1ccc(Br)cc1C1=C(c2ccccc2)C(C)(C)C1. The quantitative estimate of drug-likeness (QED) is 0.733. The Morgan fingerprint density at radius 1 is 1.13 bits per heavy atom. The van der Waals surface area contributed by atoms with Crippen molar-refractivity contribution in [3.8, 4) is 0 Å². The predicted octanol–water partition coefficient (Wildman–Crippen LogP) is 5.75. The summed E-state index contributed by atoms with van der Waals surface area (Å²) in [6.45, 7) is 6.09. The summed E-state index contributed by atoms with van der Waals surface area (Å²) in [6.07, 6.45) is 1.00. The van der Waals surface area contributed by atoms with Gasteiger partial charge < -0.3 is 5.32 Å². The molecule has 1 aliphatic rings. The molecule has 118 valence electrons. The zero-order valence-electron chi connectivity index (χ0n) is 13.6. The molecule has 2 aromatic rings. The van der Waals surface area contributed by atoms with E-state index in [4.69, 9.17) is 0 Å². The number of allylic oxidation sites excluding steroid dienone is 2. The van der Waals surface area contributed by atoms with Gasteiger partial charge in [-0.05, 0) is 46.7 Å². The van der Waals surface area contributed by atoms with Gasteiger partial charge >= 0.3 is 0 Å². The van der Waals surface area contributed by atoms with Gasteiger partial charge in [-0.15, -0.1) is 0 Å². The van der Waals surface area contributed by atoms with E-state index in [1.54, 1.807) is 6.92 Å². The van der Waals surface area contributed by atoms with E-state index < -0.39 is 0 Å². The average Bonchev–Trinajstić information content (AvgIpc) is 2.47. The van der Waals surface area contributed by atoms with Gasteiger partial charge in [0.25, 0.3) is 0 Å². The van der Waals surface area contributed by atoms with E-state index in [2.05, 4.69) is 65.4 Å². The first kappa shape index (κ1) is 16.0. The summed E-state index contributed by atoms with van der Waals surface area (Å²) in [7, 11) is 0. The lowest BCUT2D eigenvalue weighted by Gasteiger charge is -2.42. The van der Waals surface area contributed by atoms with Crippen LogP contribution >= 0.6 is 15.9 Å². The number of carbonyl (C=O) groups excluding carboxylic acids is 1. The third-order valence-electron chi connectivity index (χ3n) is 4.28. The molecule has 23 heavy (non-hydrogen) atoms. The molecular formula is C20H20BrNO. The zero-order chi connectivity index (χ0) is 16.6. The molecule has 3 heteroatoms. The molecule has 1 aliphatic carbocycles. The highest BCUT2D eigenvalue weighted by molar-refractivity contribution is 9.10. The molecule has 2 nitrogen and oxygen atoms in total. The Balaban J connectivity index is 2.17. The van der Waals surface area contributed by atoms with Crippen LogP contribution in [0.3, 0.4) is 0 Å². The van der Waals surface area contributed by atoms with Crippen LogP contribution in [-0.2, 0) is 4.79 Å². The number of nitrogens with one attached hydrogen (secondary N) is 1. The van der Waals surface area contributed by atoms with E-state index in [9.17, 15) is 4.79 Å². The van der Waals surface area contributed by atoms with Crippen LogP contribution in [0.2, 0.25) is 0 Å². The molecule has 0 saturated carbocycles. The van der Waals surface area contributed by atoms with Crippen molar-refractivity contribution in [1.82, 2.24) is 0 Å². The molecule has 0 saturated heterocycles. The van der Waals surface area contributed by atoms with Gasteiger partial charge in [0, 0.05) is 22.6 Å². The lowest BCUT2D eigenvalue weighted by atomic mass is 9.62. The molecule has 1 amide bonds. The predicted molar refractivity (Wildman–Crippen MR) is 100 cm³/mol. The molecule has 3 rings (SSSR count). The largest absolute Gasteiger partial charge is 0.326 e. The molecule has 0 unspecified atom stereocenters. The number of amides is 1. The second-order valence-electron chi connectivity index (χ2n) is 6.65. The first-order chi connectivity index (χ1) is 10.9. The zero-order valence-corrected chi connectivity index (χ0v) is 15.2. The monoisotopic (exact) mass is 369 g/mol. The van der Waals surface area contributed by atoms with Gasteiger partial charge in [0.05, 0.1) is 0 Å². The molecule has 0 aliphatic heterocycles. The molecule has 0 fully saturated rings. The first-order valence-electron chi connectivity index (χ1n) is 7.75. The summed E-state index contributed by atoms with van der Waals surface area (Å²) in [5.74, 6) is -0.0472. The highest BCUT2D eigenvalue weighted by Gasteiger charge is 2.38. The summed E-state index contributed by atoms with van der Waals surface area (Å²) >= 11 is 3.55. The normalized spacial score (nSPS) is 16.0. The Morgan fingerprint density at radius 2 is 1.83 bits per heavy atom. The molecule has 2 aromatic carbocycles. The second kappa shape index (κ2) is 5.97.